The van der Waals surface area contributed by atoms with Gasteiger partial charge in [-0.25, -0.2) is 8.42 Å². The van der Waals surface area contributed by atoms with Crippen molar-refractivity contribution in [2.75, 3.05) is 13.1 Å². The molecule has 1 aliphatic heterocycles. The first-order chi connectivity index (χ1) is 13.2. The second-order valence-electron chi connectivity index (χ2n) is 6.70. The quantitative estimate of drug-likeness (QED) is 0.649. The van der Waals surface area contributed by atoms with E-state index in [4.69, 9.17) is 32.5 Å². The number of carbonyl (C=O) groups is 1. The lowest BCUT2D eigenvalue weighted by Gasteiger charge is -2.30. The molecule has 7 nitrogen and oxygen atoms in total. The molecule has 0 spiro atoms. The predicted octanol–water partition coefficient (Wildman–Crippen LogP) is 3.74. The molecule has 0 amide bonds. The van der Waals surface area contributed by atoms with Crippen molar-refractivity contribution < 1.29 is 22.5 Å². The number of nitrogens with zero attached hydrogens (tertiary/aromatic N) is 2. The Bertz CT molecular complexity index is 970. The van der Waals surface area contributed by atoms with Crippen LogP contribution in [0.15, 0.2) is 27.6 Å². The SMILES string of the molecule is Cc1noc(C)c1S(=O)(=O)N1CCCC(C(=O)OCc2ccc(Cl)cc2Cl)C1. The molecule has 3 rings (SSSR count). The normalized spacial score (nSPS) is 18.2. The molecule has 1 unspecified atom stereocenters. The molecular formula is C18H20Cl2N2O5S. The number of aromatic nitrogens is 1. The highest BCUT2D eigenvalue weighted by molar-refractivity contribution is 7.89. The minimum absolute atomic E-state index is 0.00194. The molecule has 1 aliphatic rings. The summed E-state index contributed by atoms with van der Waals surface area (Å²) in [5.41, 5.74) is 0.940. The van der Waals surface area contributed by atoms with E-state index in [2.05, 4.69) is 5.16 Å². The molecular weight excluding hydrogens is 427 g/mol. The zero-order valence-corrected chi connectivity index (χ0v) is 17.8. The van der Waals surface area contributed by atoms with Crippen molar-refractivity contribution in [3.8, 4) is 0 Å². The summed E-state index contributed by atoms with van der Waals surface area (Å²) >= 11 is 11.9. The molecule has 1 atom stereocenters. The summed E-state index contributed by atoms with van der Waals surface area (Å²) in [5.74, 6) is -0.765. The fraction of sp³-hybridized carbons (Fsp3) is 0.444. The third-order valence-corrected chi connectivity index (χ3v) is 7.37. The molecule has 0 bridgehead atoms. The van der Waals surface area contributed by atoms with Gasteiger partial charge in [0.05, 0.1) is 5.92 Å². The number of piperidine rings is 1. The van der Waals surface area contributed by atoms with Crippen LogP contribution in [0.2, 0.25) is 10.0 Å². The van der Waals surface area contributed by atoms with E-state index in [9.17, 15) is 13.2 Å². The molecule has 0 saturated carbocycles. The number of ether oxygens (including phenoxy) is 1. The van der Waals surface area contributed by atoms with Crippen LogP contribution in [-0.4, -0.2) is 36.9 Å². The Morgan fingerprint density at radius 2 is 2.11 bits per heavy atom. The summed E-state index contributed by atoms with van der Waals surface area (Å²) in [6, 6.07) is 4.92. The highest BCUT2D eigenvalue weighted by Gasteiger charge is 2.37. The van der Waals surface area contributed by atoms with Gasteiger partial charge in [0.15, 0.2) is 5.76 Å². The topological polar surface area (TPSA) is 89.7 Å². The lowest BCUT2D eigenvalue weighted by molar-refractivity contribution is -0.151. The average Bonchev–Trinajstić information content (AvgIpc) is 3.00. The maximum Gasteiger partial charge on any atom is 0.310 e. The van der Waals surface area contributed by atoms with E-state index < -0.39 is 21.9 Å². The fourth-order valence-corrected chi connectivity index (χ4v) is 5.51. The van der Waals surface area contributed by atoms with E-state index in [1.54, 1.807) is 32.0 Å². The first-order valence-electron chi connectivity index (χ1n) is 8.73. The number of carbonyl (C=O) groups excluding carboxylic acids is 1. The average molecular weight is 447 g/mol. The van der Waals surface area contributed by atoms with Gasteiger partial charge in [-0.3, -0.25) is 4.79 Å². The predicted molar refractivity (Wildman–Crippen MR) is 104 cm³/mol. The van der Waals surface area contributed by atoms with Crippen LogP contribution >= 0.6 is 23.2 Å². The standard InChI is InChI=1S/C18H20Cl2N2O5S/c1-11-17(12(2)27-21-11)28(24,25)22-7-3-4-13(9-22)18(23)26-10-14-5-6-15(19)8-16(14)20/h5-6,8,13H,3-4,7,9-10H2,1-2H3. The highest BCUT2D eigenvalue weighted by atomic mass is 35.5. The number of hydrogen-bond donors (Lipinski definition) is 0. The maximum atomic E-state index is 13.0. The zero-order chi connectivity index (χ0) is 20.5. The number of esters is 1. The second kappa shape index (κ2) is 8.41. The van der Waals surface area contributed by atoms with E-state index >= 15 is 0 Å². The van der Waals surface area contributed by atoms with Crippen molar-refractivity contribution in [3.05, 3.63) is 45.3 Å². The van der Waals surface area contributed by atoms with Crippen LogP contribution in [0.4, 0.5) is 0 Å². The van der Waals surface area contributed by atoms with Gasteiger partial charge in [-0.15, -0.1) is 0 Å². The van der Waals surface area contributed by atoms with Crippen LogP contribution < -0.4 is 0 Å². The molecule has 1 saturated heterocycles. The molecule has 0 radical (unpaired) electrons. The van der Waals surface area contributed by atoms with Gasteiger partial charge in [0, 0.05) is 28.7 Å². The molecule has 0 aliphatic carbocycles. The minimum atomic E-state index is -3.79. The van der Waals surface area contributed by atoms with Crippen molar-refractivity contribution in [2.45, 2.75) is 38.2 Å². The summed E-state index contributed by atoms with van der Waals surface area (Å²) in [5, 5.41) is 4.62. The van der Waals surface area contributed by atoms with E-state index in [1.165, 1.54) is 4.31 Å². The van der Waals surface area contributed by atoms with E-state index in [1.807, 2.05) is 0 Å². The van der Waals surface area contributed by atoms with E-state index in [-0.39, 0.29) is 23.8 Å². The summed E-state index contributed by atoms with van der Waals surface area (Å²) < 4.78 is 37.6. The Labute approximate surface area is 173 Å². The van der Waals surface area contributed by atoms with Crippen molar-refractivity contribution in [3.63, 3.8) is 0 Å². The lowest BCUT2D eigenvalue weighted by atomic mass is 10.00. The van der Waals surface area contributed by atoms with Gasteiger partial charge in [0.25, 0.3) is 0 Å². The number of halogens is 2. The summed E-state index contributed by atoms with van der Waals surface area (Å²) in [6.07, 6.45) is 1.12. The lowest BCUT2D eigenvalue weighted by Crippen LogP contribution is -2.43. The van der Waals surface area contributed by atoms with Gasteiger partial charge in [0.2, 0.25) is 10.0 Å². The van der Waals surface area contributed by atoms with E-state index in [0.29, 0.717) is 40.7 Å². The van der Waals surface area contributed by atoms with Crippen LogP contribution in [-0.2, 0) is 26.2 Å². The van der Waals surface area contributed by atoms with Gasteiger partial charge < -0.3 is 9.26 Å². The summed E-state index contributed by atoms with van der Waals surface area (Å²) in [4.78, 5) is 12.6. The van der Waals surface area contributed by atoms with Gasteiger partial charge in [-0.2, -0.15) is 4.31 Å². The number of rotatable bonds is 5. The number of sulfonamides is 1. The zero-order valence-electron chi connectivity index (χ0n) is 15.4. The summed E-state index contributed by atoms with van der Waals surface area (Å²) in [7, 11) is -3.79. The largest absolute Gasteiger partial charge is 0.461 e. The molecule has 2 heterocycles. The van der Waals surface area contributed by atoms with Gasteiger partial charge in [-0.1, -0.05) is 34.4 Å². The molecule has 28 heavy (non-hydrogen) atoms. The van der Waals surface area contributed by atoms with Crippen molar-refractivity contribution in [2.24, 2.45) is 5.92 Å². The second-order valence-corrected chi connectivity index (χ2v) is 9.42. The first-order valence-corrected chi connectivity index (χ1v) is 10.9. The molecule has 10 heteroatoms. The van der Waals surface area contributed by atoms with Crippen molar-refractivity contribution in [1.82, 2.24) is 9.46 Å². The Kier molecular flexibility index (Phi) is 6.34. The van der Waals surface area contributed by atoms with E-state index in [0.717, 1.165) is 0 Å². The van der Waals surface area contributed by atoms with Crippen LogP contribution in [0.25, 0.3) is 0 Å². The first kappa shape index (κ1) is 21.1. The van der Waals surface area contributed by atoms with Gasteiger partial charge in [-0.05, 0) is 38.8 Å². The molecule has 1 aromatic carbocycles. The Morgan fingerprint density at radius 3 is 2.75 bits per heavy atom. The Balaban J connectivity index is 1.68. The van der Waals surface area contributed by atoms with Crippen molar-refractivity contribution >= 4 is 39.2 Å². The van der Waals surface area contributed by atoms with Gasteiger partial charge in [0.1, 0.15) is 17.2 Å². The Hall–Kier alpha value is -1.61. The number of aryl methyl sites for hydroxylation is 2. The Morgan fingerprint density at radius 1 is 1.36 bits per heavy atom. The summed E-state index contributed by atoms with van der Waals surface area (Å²) in [6.45, 7) is 3.52. The van der Waals surface area contributed by atoms with Crippen LogP contribution in [0.3, 0.4) is 0 Å². The third-order valence-electron chi connectivity index (χ3n) is 4.67. The fourth-order valence-electron chi connectivity index (χ4n) is 3.23. The maximum absolute atomic E-state index is 13.0. The monoisotopic (exact) mass is 446 g/mol. The van der Waals surface area contributed by atoms with Crippen LogP contribution in [0.1, 0.15) is 29.9 Å². The molecule has 0 N–H and O–H groups in total. The number of benzene rings is 1. The minimum Gasteiger partial charge on any atom is -0.461 e. The third kappa shape index (κ3) is 4.35. The van der Waals surface area contributed by atoms with Crippen LogP contribution in [0.5, 0.6) is 0 Å². The molecule has 1 fully saturated rings. The smallest absolute Gasteiger partial charge is 0.310 e. The molecule has 1 aromatic heterocycles. The van der Waals surface area contributed by atoms with Crippen LogP contribution in [0, 0.1) is 19.8 Å². The molecule has 152 valence electrons. The van der Waals surface area contributed by atoms with Crippen molar-refractivity contribution in [1.29, 1.82) is 0 Å². The number of hydrogen-bond acceptors (Lipinski definition) is 6. The van der Waals surface area contributed by atoms with Gasteiger partial charge >= 0.3 is 5.97 Å². The highest BCUT2D eigenvalue weighted by Crippen LogP contribution is 2.28. The molecule has 2 aromatic rings.